The highest BCUT2D eigenvalue weighted by atomic mass is 32.2. The zero-order valence-electron chi connectivity index (χ0n) is 16.4. The number of aromatic nitrogens is 2. The van der Waals surface area contributed by atoms with Crippen LogP contribution in [0.2, 0.25) is 0 Å². The lowest BCUT2D eigenvalue weighted by molar-refractivity contribution is -0.152. The Hall–Kier alpha value is -2.56. The molecule has 0 N–H and O–H groups in total. The molecule has 8 nitrogen and oxygen atoms in total. The molecule has 1 aliphatic heterocycles. The molecule has 1 aromatic carbocycles. The van der Waals surface area contributed by atoms with Gasteiger partial charge < -0.3 is 9.26 Å². The van der Waals surface area contributed by atoms with Gasteiger partial charge in [0.25, 0.3) is 15.9 Å². The van der Waals surface area contributed by atoms with Crippen molar-refractivity contribution in [2.75, 3.05) is 13.1 Å². The largest absolute Gasteiger partial charge is 0.455 e. The lowest BCUT2D eigenvalue weighted by atomic mass is 9.98. The predicted molar refractivity (Wildman–Crippen MR) is 110 cm³/mol. The van der Waals surface area contributed by atoms with Crippen LogP contribution in [0, 0.1) is 12.8 Å². The summed E-state index contributed by atoms with van der Waals surface area (Å²) in [5.74, 6) is -0.0673. The fourth-order valence-corrected chi connectivity index (χ4v) is 5.87. The molecular formula is C20H21N3O5S2. The Morgan fingerprint density at radius 1 is 1.23 bits per heavy atom. The summed E-state index contributed by atoms with van der Waals surface area (Å²) in [7, 11) is -3.48. The summed E-state index contributed by atoms with van der Waals surface area (Å²) >= 11 is 1.19. The summed E-state index contributed by atoms with van der Waals surface area (Å²) < 4.78 is 37.4. The third-order valence-corrected chi connectivity index (χ3v) is 8.26. The highest BCUT2D eigenvalue weighted by molar-refractivity contribution is 7.91. The lowest BCUT2D eigenvalue weighted by Gasteiger charge is -2.29. The van der Waals surface area contributed by atoms with E-state index in [9.17, 15) is 13.2 Å². The molecule has 4 rings (SSSR count). The van der Waals surface area contributed by atoms with Gasteiger partial charge in [-0.3, -0.25) is 4.79 Å². The molecule has 158 valence electrons. The van der Waals surface area contributed by atoms with Gasteiger partial charge in [0.05, 0.1) is 5.92 Å². The molecule has 3 aromatic rings. The number of aryl methyl sites for hydroxylation is 1. The van der Waals surface area contributed by atoms with E-state index in [1.165, 1.54) is 15.6 Å². The smallest absolute Gasteiger partial charge is 0.309 e. The first-order chi connectivity index (χ1) is 14.4. The number of carbonyl (C=O) groups excluding carboxylic acids is 1. The third-order valence-electron chi connectivity index (χ3n) is 4.99. The van der Waals surface area contributed by atoms with Gasteiger partial charge in [-0.15, -0.1) is 11.3 Å². The number of benzene rings is 1. The van der Waals surface area contributed by atoms with E-state index in [1.54, 1.807) is 17.5 Å². The van der Waals surface area contributed by atoms with Gasteiger partial charge in [-0.05, 0) is 31.2 Å². The number of hydrogen-bond acceptors (Lipinski definition) is 8. The van der Waals surface area contributed by atoms with Gasteiger partial charge in [0.2, 0.25) is 5.82 Å². The van der Waals surface area contributed by atoms with Crippen molar-refractivity contribution in [3.05, 3.63) is 53.2 Å². The maximum atomic E-state index is 12.6. The number of esters is 1. The van der Waals surface area contributed by atoms with E-state index in [4.69, 9.17) is 9.26 Å². The Morgan fingerprint density at radius 3 is 2.63 bits per heavy atom. The molecule has 2 aromatic heterocycles. The Kier molecular flexibility index (Phi) is 5.98. The molecule has 1 aliphatic rings. The third kappa shape index (κ3) is 4.45. The Morgan fingerprint density at radius 2 is 1.97 bits per heavy atom. The van der Waals surface area contributed by atoms with Crippen LogP contribution in [0.1, 0.15) is 24.3 Å². The van der Waals surface area contributed by atoms with Crippen LogP contribution in [0.25, 0.3) is 11.4 Å². The van der Waals surface area contributed by atoms with E-state index in [1.807, 2.05) is 31.2 Å². The summed E-state index contributed by atoms with van der Waals surface area (Å²) in [5, 5.41) is 5.65. The monoisotopic (exact) mass is 447 g/mol. The standard InChI is InChI=1S/C20H21N3O5S2/c1-14-4-6-15(7-5-14)19-21-17(28-22-19)13-27-20(24)16-8-10-23(11-9-16)30(25,26)18-3-2-12-29-18/h2-7,12,16H,8-11,13H2,1H3. The van der Waals surface area contributed by atoms with Crippen LogP contribution in [0.5, 0.6) is 0 Å². The first-order valence-corrected chi connectivity index (χ1v) is 11.9. The number of nitrogens with zero attached hydrogens (tertiary/aromatic N) is 3. The van der Waals surface area contributed by atoms with E-state index < -0.39 is 10.0 Å². The number of rotatable bonds is 6. The summed E-state index contributed by atoms with van der Waals surface area (Å²) in [6.45, 7) is 2.47. The predicted octanol–water partition coefficient (Wildman–Crippen LogP) is 3.25. The Balaban J connectivity index is 1.29. The summed E-state index contributed by atoms with van der Waals surface area (Å²) in [4.78, 5) is 16.7. The first kappa shape index (κ1) is 20.7. The molecule has 0 unspecified atom stereocenters. The molecule has 0 bridgehead atoms. The molecule has 0 atom stereocenters. The zero-order chi connectivity index (χ0) is 21.1. The average Bonchev–Trinajstić information content (AvgIpc) is 3.45. The minimum Gasteiger partial charge on any atom is -0.455 e. The Labute approximate surface area is 178 Å². The molecule has 0 spiro atoms. The van der Waals surface area contributed by atoms with Crippen LogP contribution in [0.4, 0.5) is 0 Å². The van der Waals surface area contributed by atoms with Crippen molar-refractivity contribution in [1.29, 1.82) is 0 Å². The summed E-state index contributed by atoms with van der Waals surface area (Å²) in [5.41, 5.74) is 1.95. The second kappa shape index (κ2) is 8.66. The second-order valence-corrected chi connectivity index (χ2v) is 10.2. The minimum absolute atomic E-state index is 0.106. The number of sulfonamides is 1. The van der Waals surface area contributed by atoms with Crippen molar-refractivity contribution in [2.24, 2.45) is 5.92 Å². The van der Waals surface area contributed by atoms with Crippen molar-refractivity contribution in [2.45, 2.75) is 30.6 Å². The summed E-state index contributed by atoms with van der Waals surface area (Å²) in [6, 6.07) is 11.0. The molecule has 1 fully saturated rings. The van der Waals surface area contributed by atoms with Crippen molar-refractivity contribution >= 4 is 27.3 Å². The first-order valence-electron chi connectivity index (χ1n) is 9.53. The normalized spacial score (nSPS) is 15.9. The topological polar surface area (TPSA) is 103 Å². The number of ether oxygens (including phenoxy) is 1. The second-order valence-electron chi connectivity index (χ2n) is 7.10. The van der Waals surface area contributed by atoms with Crippen molar-refractivity contribution in [3.63, 3.8) is 0 Å². The highest BCUT2D eigenvalue weighted by Crippen LogP contribution is 2.27. The van der Waals surface area contributed by atoms with Gasteiger partial charge in [-0.2, -0.15) is 9.29 Å². The SMILES string of the molecule is Cc1ccc(-c2noc(COC(=O)C3CCN(S(=O)(=O)c4cccs4)CC3)n2)cc1. The number of carbonyl (C=O) groups is 1. The van der Waals surface area contributed by atoms with Gasteiger partial charge in [0.1, 0.15) is 4.21 Å². The number of thiophene rings is 1. The number of hydrogen-bond donors (Lipinski definition) is 0. The minimum atomic E-state index is -3.48. The van der Waals surface area contributed by atoms with E-state index in [0.717, 1.165) is 11.1 Å². The van der Waals surface area contributed by atoms with Crippen LogP contribution in [0.15, 0.2) is 50.5 Å². The van der Waals surface area contributed by atoms with Crippen LogP contribution in [-0.4, -0.2) is 41.9 Å². The van der Waals surface area contributed by atoms with E-state index in [2.05, 4.69) is 10.1 Å². The molecule has 0 saturated carbocycles. The van der Waals surface area contributed by atoms with Crippen molar-refractivity contribution in [1.82, 2.24) is 14.4 Å². The van der Waals surface area contributed by atoms with E-state index in [-0.39, 0.29) is 37.5 Å². The van der Waals surface area contributed by atoms with Crippen LogP contribution < -0.4 is 0 Å². The van der Waals surface area contributed by atoms with Crippen LogP contribution in [0.3, 0.4) is 0 Å². The van der Waals surface area contributed by atoms with Gasteiger partial charge in [0.15, 0.2) is 6.61 Å². The average molecular weight is 448 g/mol. The molecule has 0 radical (unpaired) electrons. The molecule has 30 heavy (non-hydrogen) atoms. The van der Waals surface area contributed by atoms with Gasteiger partial charge in [0, 0.05) is 18.7 Å². The highest BCUT2D eigenvalue weighted by Gasteiger charge is 2.33. The molecule has 1 saturated heterocycles. The van der Waals surface area contributed by atoms with E-state index >= 15 is 0 Å². The van der Waals surface area contributed by atoms with Crippen LogP contribution >= 0.6 is 11.3 Å². The lowest BCUT2D eigenvalue weighted by Crippen LogP contribution is -2.40. The van der Waals surface area contributed by atoms with Gasteiger partial charge >= 0.3 is 5.97 Å². The maximum Gasteiger partial charge on any atom is 0.309 e. The fraction of sp³-hybridized carbons (Fsp3) is 0.350. The van der Waals surface area contributed by atoms with E-state index in [0.29, 0.717) is 22.9 Å². The molecule has 10 heteroatoms. The van der Waals surface area contributed by atoms with Gasteiger partial charge in [-0.25, -0.2) is 8.42 Å². The van der Waals surface area contributed by atoms with Crippen LogP contribution in [-0.2, 0) is 26.2 Å². The fourth-order valence-electron chi connectivity index (χ4n) is 3.25. The molecular weight excluding hydrogens is 426 g/mol. The van der Waals surface area contributed by atoms with Crippen molar-refractivity contribution < 1.29 is 22.5 Å². The van der Waals surface area contributed by atoms with Gasteiger partial charge in [-0.1, -0.05) is 41.1 Å². The quantitative estimate of drug-likeness (QED) is 0.534. The molecule has 0 amide bonds. The summed E-state index contributed by atoms with van der Waals surface area (Å²) in [6.07, 6.45) is 0.837. The maximum absolute atomic E-state index is 12.6. The zero-order valence-corrected chi connectivity index (χ0v) is 18.0. The Bertz CT molecular complexity index is 1100. The molecule has 3 heterocycles. The van der Waals surface area contributed by atoms with Crippen molar-refractivity contribution in [3.8, 4) is 11.4 Å². The molecule has 0 aliphatic carbocycles. The number of piperidine rings is 1.